The SMILES string of the molecule is COC(=O)Nc1ccc(Oc2ccc(C(F)(F)F)cc2Cl)cc1F. The molecule has 2 aromatic rings. The summed E-state index contributed by atoms with van der Waals surface area (Å²) in [6, 6.07) is 6.00. The molecule has 0 heterocycles. The normalized spacial score (nSPS) is 11.1. The minimum Gasteiger partial charge on any atom is -0.456 e. The monoisotopic (exact) mass is 363 g/mol. The van der Waals surface area contributed by atoms with Gasteiger partial charge in [0.2, 0.25) is 0 Å². The van der Waals surface area contributed by atoms with Gasteiger partial charge < -0.3 is 9.47 Å². The molecule has 1 N–H and O–H groups in total. The lowest BCUT2D eigenvalue weighted by Crippen LogP contribution is -2.12. The van der Waals surface area contributed by atoms with Crippen LogP contribution in [0.3, 0.4) is 0 Å². The number of alkyl halides is 3. The quantitative estimate of drug-likeness (QED) is 0.736. The molecule has 128 valence electrons. The van der Waals surface area contributed by atoms with Gasteiger partial charge in [-0.25, -0.2) is 9.18 Å². The van der Waals surface area contributed by atoms with Gasteiger partial charge in [-0.2, -0.15) is 13.2 Å². The third-order valence-corrected chi connectivity index (χ3v) is 3.15. The summed E-state index contributed by atoms with van der Waals surface area (Å²) in [6.45, 7) is 0. The molecular weight excluding hydrogens is 354 g/mol. The van der Waals surface area contributed by atoms with E-state index in [9.17, 15) is 22.4 Å². The molecule has 2 rings (SSSR count). The molecule has 0 unspecified atom stereocenters. The Hall–Kier alpha value is -2.48. The minimum absolute atomic E-state index is 0.00965. The van der Waals surface area contributed by atoms with Crippen molar-refractivity contribution in [1.82, 2.24) is 0 Å². The average molecular weight is 364 g/mol. The lowest BCUT2D eigenvalue weighted by molar-refractivity contribution is -0.137. The van der Waals surface area contributed by atoms with E-state index in [-0.39, 0.29) is 22.2 Å². The third kappa shape index (κ3) is 4.29. The Morgan fingerprint density at radius 1 is 1.17 bits per heavy atom. The van der Waals surface area contributed by atoms with Crippen molar-refractivity contribution in [2.75, 3.05) is 12.4 Å². The average Bonchev–Trinajstić information content (AvgIpc) is 2.50. The van der Waals surface area contributed by atoms with Gasteiger partial charge in [-0.1, -0.05) is 11.6 Å². The summed E-state index contributed by atoms with van der Waals surface area (Å²) >= 11 is 5.75. The molecule has 0 fully saturated rings. The fourth-order valence-corrected chi connectivity index (χ4v) is 1.93. The first-order chi connectivity index (χ1) is 11.2. The number of hydrogen-bond donors (Lipinski definition) is 1. The fraction of sp³-hybridized carbons (Fsp3) is 0.133. The fourth-order valence-electron chi connectivity index (χ4n) is 1.71. The number of nitrogens with one attached hydrogen (secondary N) is 1. The molecule has 1 amide bonds. The lowest BCUT2D eigenvalue weighted by Gasteiger charge is -2.12. The van der Waals surface area contributed by atoms with Gasteiger partial charge in [0.1, 0.15) is 11.5 Å². The van der Waals surface area contributed by atoms with Crippen LogP contribution in [0.5, 0.6) is 11.5 Å². The maximum absolute atomic E-state index is 13.8. The van der Waals surface area contributed by atoms with Crippen molar-refractivity contribution in [3.05, 3.63) is 52.8 Å². The van der Waals surface area contributed by atoms with Gasteiger partial charge in [0.05, 0.1) is 23.4 Å². The Morgan fingerprint density at radius 3 is 2.42 bits per heavy atom. The highest BCUT2D eigenvalue weighted by Gasteiger charge is 2.31. The molecule has 4 nitrogen and oxygen atoms in total. The molecule has 0 spiro atoms. The van der Waals surface area contributed by atoms with E-state index in [4.69, 9.17) is 16.3 Å². The highest BCUT2D eigenvalue weighted by molar-refractivity contribution is 6.32. The van der Waals surface area contributed by atoms with Crippen LogP contribution in [0.1, 0.15) is 5.56 Å². The summed E-state index contributed by atoms with van der Waals surface area (Å²) in [5.41, 5.74) is -1.07. The van der Waals surface area contributed by atoms with Crippen LogP contribution in [0.15, 0.2) is 36.4 Å². The van der Waals surface area contributed by atoms with Gasteiger partial charge in [-0.15, -0.1) is 0 Å². The second kappa shape index (κ2) is 6.96. The van der Waals surface area contributed by atoms with Gasteiger partial charge in [0.25, 0.3) is 0 Å². The van der Waals surface area contributed by atoms with Crippen molar-refractivity contribution in [3.8, 4) is 11.5 Å². The number of benzene rings is 2. The van der Waals surface area contributed by atoms with Gasteiger partial charge in [-0.05, 0) is 30.3 Å². The van der Waals surface area contributed by atoms with Crippen LogP contribution in [0.2, 0.25) is 5.02 Å². The Morgan fingerprint density at radius 2 is 1.88 bits per heavy atom. The smallest absolute Gasteiger partial charge is 0.416 e. The number of halogens is 5. The second-order valence-electron chi connectivity index (χ2n) is 4.50. The van der Waals surface area contributed by atoms with E-state index >= 15 is 0 Å². The second-order valence-corrected chi connectivity index (χ2v) is 4.91. The first kappa shape index (κ1) is 17.9. The lowest BCUT2D eigenvalue weighted by atomic mass is 10.2. The summed E-state index contributed by atoms with van der Waals surface area (Å²) in [5, 5.41) is 1.87. The zero-order valence-electron chi connectivity index (χ0n) is 12.1. The van der Waals surface area contributed by atoms with Crippen molar-refractivity contribution < 1.29 is 31.8 Å². The zero-order chi connectivity index (χ0) is 17.9. The minimum atomic E-state index is -4.53. The van der Waals surface area contributed by atoms with Crippen LogP contribution < -0.4 is 10.1 Å². The van der Waals surface area contributed by atoms with E-state index in [1.54, 1.807) is 0 Å². The Labute approximate surface area is 138 Å². The maximum Gasteiger partial charge on any atom is 0.416 e. The highest BCUT2D eigenvalue weighted by Crippen LogP contribution is 2.36. The molecule has 0 saturated carbocycles. The van der Waals surface area contributed by atoms with E-state index < -0.39 is 23.7 Å². The summed E-state index contributed by atoms with van der Waals surface area (Å²) in [6.07, 6.45) is -5.39. The third-order valence-electron chi connectivity index (χ3n) is 2.85. The number of ether oxygens (including phenoxy) is 2. The summed E-state index contributed by atoms with van der Waals surface area (Å²) in [4.78, 5) is 11.0. The van der Waals surface area contributed by atoms with Crippen LogP contribution >= 0.6 is 11.6 Å². The van der Waals surface area contributed by atoms with E-state index in [1.165, 1.54) is 12.1 Å². The number of carbonyl (C=O) groups is 1. The molecule has 0 aliphatic carbocycles. The maximum atomic E-state index is 13.8. The molecule has 0 aliphatic heterocycles. The first-order valence-corrected chi connectivity index (χ1v) is 6.77. The number of anilines is 1. The van der Waals surface area contributed by atoms with Crippen molar-refractivity contribution in [1.29, 1.82) is 0 Å². The van der Waals surface area contributed by atoms with Gasteiger partial charge in [0.15, 0.2) is 5.82 Å². The Kier molecular flexibility index (Phi) is 5.18. The van der Waals surface area contributed by atoms with Crippen LogP contribution in [-0.4, -0.2) is 13.2 Å². The van der Waals surface area contributed by atoms with Crippen molar-refractivity contribution >= 4 is 23.4 Å². The predicted octanol–water partition coefficient (Wildman–Crippen LogP) is 5.47. The molecule has 2 aromatic carbocycles. The molecule has 9 heteroatoms. The topological polar surface area (TPSA) is 47.6 Å². The van der Waals surface area contributed by atoms with Gasteiger partial charge >= 0.3 is 12.3 Å². The van der Waals surface area contributed by atoms with Gasteiger partial charge in [-0.3, -0.25) is 5.32 Å². The number of rotatable bonds is 3. The molecule has 24 heavy (non-hydrogen) atoms. The molecule has 0 bridgehead atoms. The van der Waals surface area contributed by atoms with Crippen LogP contribution in [0, 0.1) is 5.82 Å². The predicted molar refractivity (Wildman–Crippen MR) is 79.0 cm³/mol. The van der Waals surface area contributed by atoms with E-state index in [0.29, 0.717) is 6.07 Å². The first-order valence-electron chi connectivity index (χ1n) is 6.40. The standard InChI is InChI=1S/C15H10ClF4NO3/c1-23-14(22)21-12-4-3-9(7-11(12)17)24-13-5-2-8(6-10(13)16)15(18,19)20/h2-7H,1H3,(H,21,22). The number of hydrogen-bond acceptors (Lipinski definition) is 3. The Bertz CT molecular complexity index is 765. The van der Waals surface area contributed by atoms with Crippen molar-refractivity contribution in [2.45, 2.75) is 6.18 Å². The molecular formula is C15H10ClF4NO3. The van der Waals surface area contributed by atoms with E-state index in [2.05, 4.69) is 10.1 Å². The molecule has 0 radical (unpaired) electrons. The summed E-state index contributed by atoms with van der Waals surface area (Å²) in [7, 11) is 1.12. The number of methoxy groups -OCH3 is 1. The highest BCUT2D eigenvalue weighted by atomic mass is 35.5. The molecule has 0 aromatic heterocycles. The van der Waals surface area contributed by atoms with Crippen LogP contribution in [0.25, 0.3) is 0 Å². The molecule has 0 atom stereocenters. The largest absolute Gasteiger partial charge is 0.456 e. The van der Waals surface area contributed by atoms with Crippen molar-refractivity contribution in [2.24, 2.45) is 0 Å². The van der Waals surface area contributed by atoms with Crippen LogP contribution in [0.4, 0.5) is 28.0 Å². The summed E-state index contributed by atoms with van der Waals surface area (Å²) in [5.74, 6) is -0.900. The number of amides is 1. The molecule has 0 saturated heterocycles. The van der Waals surface area contributed by atoms with E-state index in [1.807, 2.05) is 0 Å². The van der Waals surface area contributed by atoms with Crippen molar-refractivity contribution in [3.63, 3.8) is 0 Å². The van der Waals surface area contributed by atoms with E-state index in [0.717, 1.165) is 25.3 Å². The zero-order valence-corrected chi connectivity index (χ0v) is 12.8. The molecule has 0 aliphatic rings. The van der Waals surface area contributed by atoms with Crippen LogP contribution in [-0.2, 0) is 10.9 Å². The Balaban J connectivity index is 2.20. The van der Waals surface area contributed by atoms with Gasteiger partial charge in [0, 0.05) is 6.07 Å². The summed E-state index contributed by atoms with van der Waals surface area (Å²) < 4.78 is 61.1. The number of carbonyl (C=O) groups excluding carboxylic acids is 1.